The largest absolute Gasteiger partial charge is 0.487 e. The van der Waals surface area contributed by atoms with Crippen molar-refractivity contribution in [1.82, 2.24) is 0 Å². The first kappa shape index (κ1) is 13.5. The lowest BCUT2D eigenvalue weighted by molar-refractivity contribution is -0.148. The Morgan fingerprint density at radius 2 is 1.90 bits per heavy atom. The van der Waals surface area contributed by atoms with E-state index < -0.39 is 0 Å². The third-order valence-corrected chi connectivity index (χ3v) is 4.61. The molecule has 0 atom stereocenters. The van der Waals surface area contributed by atoms with Gasteiger partial charge in [-0.3, -0.25) is 4.79 Å². The van der Waals surface area contributed by atoms with E-state index in [1.807, 2.05) is 0 Å². The fourth-order valence-electron chi connectivity index (χ4n) is 3.24. The summed E-state index contributed by atoms with van der Waals surface area (Å²) in [5.74, 6) is 0.733. The molecule has 3 heteroatoms. The Hall–Kier alpha value is -1.51. The van der Waals surface area contributed by atoms with Gasteiger partial charge in [-0.2, -0.15) is 0 Å². The van der Waals surface area contributed by atoms with E-state index in [0.717, 1.165) is 31.4 Å². The van der Waals surface area contributed by atoms with Crippen LogP contribution in [0.1, 0.15) is 49.7 Å². The Morgan fingerprint density at radius 1 is 1.15 bits per heavy atom. The molecule has 1 aromatic rings. The van der Waals surface area contributed by atoms with E-state index in [9.17, 15) is 4.79 Å². The molecule has 3 nitrogen and oxygen atoms in total. The summed E-state index contributed by atoms with van der Waals surface area (Å²) in [6.45, 7) is 0. The van der Waals surface area contributed by atoms with Crippen LogP contribution in [-0.4, -0.2) is 18.7 Å². The number of ether oxygens (including phenoxy) is 2. The van der Waals surface area contributed by atoms with Gasteiger partial charge in [0.2, 0.25) is 0 Å². The lowest BCUT2D eigenvalue weighted by Gasteiger charge is -2.41. The van der Waals surface area contributed by atoms with E-state index in [0.29, 0.717) is 6.42 Å². The van der Waals surface area contributed by atoms with Gasteiger partial charge in [0.05, 0.1) is 13.5 Å². The number of methoxy groups -OCH3 is 1. The van der Waals surface area contributed by atoms with Crippen LogP contribution in [0.15, 0.2) is 18.2 Å². The van der Waals surface area contributed by atoms with Crippen molar-refractivity contribution >= 4 is 5.97 Å². The molecule has 1 aromatic carbocycles. The minimum atomic E-state index is -0.323. The molecule has 0 spiro atoms. The zero-order chi connectivity index (χ0) is 14.0. The van der Waals surface area contributed by atoms with E-state index >= 15 is 0 Å². The van der Waals surface area contributed by atoms with Crippen molar-refractivity contribution in [3.8, 4) is 5.75 Å². The van der Waals surface area contributed by atoms with Crippen LogP contribution in [0.2, 0.25) is 0 Å². The second-order valence-corrected chi connectivity index (χ2v) is 6.03. The molecule has 0 aromatic heterocycles. The van der Waals surface area contributed by atoms with E-state index in [1.54, 1.807) is 0 Å². The van der Waals surface area contributed by atoms with Gasteiger partial charge < -0.3 is 9.47 Å². The third kappa shape index (κ3) is 2.67. The standard InChI is InChI=1S/C17H22O3/c1-19-16(18)12-17(9-4-10-17)20-15-8-7-13-5-2-3-6-14(13)11-15/h7-8,11H,2-6,9-10,12H2,1H3. The Balaban J connectivity index is 1.74. The zero-order valence-corrected chi connectivity index (χ0v) is 12.1. The van der Waals surface area contributed by atoms with Crippen molar-refractivity contribution in [3.05, 3.63) is 29.3 Å². The minimum Gasteiger partial charge on any atom is -0.487 e. The van der Waals surface area contributed by atoms with Crippen molar-refractivity contribution in [2.45, 2.75) is 57.0 Å². The van der Waals surface area contributed by atoms with Crippen molar-refractivity contribution < 1.29 is 14.3 Å². The minimum absolute atomic E-state index is 0.178. The second kappa shape index (κ2) is 5.47. The fraction of sp³-hybridized carbons (Fsp3) is 0.588. The number of hydrogen-bond acceptors (Lipinski definition) is 3. The van der Waals surface area contributed by atoms with Crippen molar-refractivity contribution in [2.75, 3.05) is 7.11 Å². The molecular formula is C17H22O3. The maximum absolute atomic E-state index is 11.5. The van der Waals surface area contributed by atoms with Gasteiger partial charge in [0.15, 0.2) is 0 Å². The SMILES string of the molecule is COC(=O)CC1(Oc2ccc3c(c2)CCCC3)CCC1. The van der Waals surface area contributed by atoms with Gasteiger partial charge in [-0.05, 0) is 68.2 Å². The van der Waals surface area contributed by atoms with Gasteiger partial charge in [-0.1, -0.05) is 6.07 Å². The Morgan fingerprint density at radius 3 is 2.55 bits per heavy atom. The van der Waals surface area contributed by atoms with Crippen LogP contribution < -0.4 is 4.74 Å². The summed E-state index contributed by atoms with van der Waals surface area (Å²) in [4.78, 5) is 11.5. The normalized spacial score (nSPS) is 19.6. The molecule has 0 aliphatic heterocycles. The molecule has 0 unspecified atom stereocenters. The van der Waals surface area contributed by atoms with Crippen LogP contribution in [0.3, 0.4) is 0 Å². The Labute approximate surface area is 120 Å². The van der Waals surface area contributed by atoms with Gasteiger partial charge in [0.25, 0.3) is 0 Å². The molecule has 108 valence electrons. The number of carbonyl (C=O) groups is 1. The van der Waals surface area contributed by atoms with Crippen molar-refractivity contribution in [1.29, 1.82) is 0 Å². The van der Waals surface area contributed by atoms with Crippen LogP contribution in [0.4, 0.5) is 0 Å². The number of benzene rings is 1. The molecule has 0 amide bonds. The monoisotopic (exact) mass is 274 g/mol. The van der Waals surface area contributed by atoms with E-state index in [-0.39, 0.29) is 11.6 Å². The molecule has 3 rings (SSSR count). The van der Waals surface area contributed by atoms with E-state index in [2.05, 4.69) is 18.2 Å². The summed E-state index contributed by atoms with van der Waals surface area (Å²) >= 11 is 0. The quantitative estimate of drug-likeness (QED) is 0.789. The predicted molar refractivity (Wildman–Crippen MR) is 76.9 cm³/mol. The van der Waals surface area contributed by atoms with Gasteiger partial charge in [0, 0.05) is 0 Å². The van der Waals surface area contributed by atoms with Crippen molar-refractivity contribution in [2.24, 2.45) is 0 Å². The van der Waals surface area contributed by atoms with Gasteiger partial charge in [-0.25, -0.2) is 0 Å². The van der Waals surface area contributed by atoms with Crippen molar-refractivity contribution in [3.63, 3.8) is 0 Å². The summed E-state index contributed by atoms with van der Waals surface area (Å²) in [5.41, 5.74) is 2.55. The molecule has 0 N–H and O–H groups in total. The van der Waals surface area contributed by atoms with Gasteiger partial charge in [-0.15, -0.1) is 0 Å². The number of aryl methyl sites for hydroxylation is 2. The summed E-state index contributed by atoms with van der Waals surface area (Å²) in [5, 5.41) is 0. The first-order chi connectivity index (χ1) is 9.71. The van der Waals surface area contributed by atoms with Crippen LogP contribution in [-0.2, 0) is 22.4 Å². The summed E-state index contributed by atoms with van der Waals surface area (Å²) < 4.78 is 11.0. The highest BCUT2D eigenvalue weighted by Crippen LogP contribution is 2.40. The highest BCUT2D eigenvalue weighted by atomic mass is 16.5. The number of esters is 1. The average Bonchev–Trinajstić information content (AvgIpc) is 2.44. The number of fused-ring (bicyclic) bond motifs is 1. The average molecular weight is 274 g/mol. The molecule has 0 bridgehead atoms. The molecule has 2 aliphatic rings. The molecule has 1 saturated carbocycles. The maximum atomic E-state index is 11.5. The van der Waals surface area contributed by atoms with Crippen LogP contribution in [0.25, 0.3) is 0 Å². The first-order valence-corrected chi connectivity index (χ1v) is 7.58. The third-order valence-electron chi connectivity index (χ3n) is 4.61. The fourth-order valence-corrected chi connectivity index (χ4v) is 3.24. The predicted octanol–water partition coefficient (Wildman–Crippen LogP) is 3.43. The molecule has 2 aliphatic carbocycles. The lowest BCUT2D eigenvalue weighted by atomic mass is 9.77. The molecule has 1 fully saturated rings. The highest BCUT2D eigenvalue weighted by Gasteiger charge is 2.42. The summed E-state index contributed by atoms with van der Waals surface area (Å²) in [7, 11) is 1.44. The number of hydrogen-bond donors (Lipinski definition) is 0. The molecule has 0 saturated heterocycles. The van der Waals surface area contributed by atoms with Gasteiger partial charge in [0.1, 0.15) is 11.4 Å². The van der Waals surface area contributed by atoms with Gasteiger partial charge >= 0.3 is 5.97 Å². The first-order valence-electron chi connectivity index (χ1n) is 7.58. The second-order valence-electron chi connectivity index (χ2n) is 6.03. The zero-order valence-electron chi connectivity index (χ0n) is 12.1. The van der Waals surface area contributed by atoms with E-state index in [4.69, 9.17) is 9.47 Å². The number of rotatable bonds is 4. The molecule has 20 heavy (non-hydrogen) atoms. The van der Waals surface area contributed by atoms with Crippen LogP contribution in [0.5, 0.6) is 5.75 Å². The Kier molecular flexibility index (Phi) is 3.68. The number of carbonyl (C=O) groups excluding carboxylic acids is 1. The maximum Gasteiger partial charge on any atom is 0.309 e. The van der Waals surface area contributed by atoms with Crippen LogP contribution in [0, 0.1) is 0 Å². The molecule has 0 heterocycles. The molecular weight excluding hydrogens is 252 g/mol. The van der Waals surface area contributed by atoms with Crippen LogP contribution >= 0.6 is 0 Å². The lowest BCUT2D eigenvalue weighted by Crippen LogP contribution is -2.45. The topological polar surface area (TPSA) is 35.5 Å². The smallest absolute Gasteiger partial charge is 0.309 e. The highest BCUT2D eigenvalue weighted by molar-refractivity contribution is 5.70. The summed E-state index contributed by atoms with van der Waals surface area (Å²) in [6.07, 6.45) is 8.27. The molecule has 0 radical (unpaired) electrons. The summed E-state index contributed by atoms with van der Waals surface area (Å²) in [6, 6.07) is 6.42. The Bertz CT molecular complexity index is 503. The van der Waals surface area contributed by atoms with E-state index in [1.165, 1.54) is 37.5 Å².